The van der Waals surface area contributed by atoms with Crippen LogP contribution >= 0.6 is 0 Å². The van der Waals surface area contributed by atoms with Gasteiger partial charge in [-0.2, -0.15) is 8.42 Å². The fourth-order valence-corrected chi connectivity index (χ4v) is 7.28. The summed E-state index contributed by atoms with van der Waals surface area (Å²) in [6.07, 6.45) is -0.810. The lowest BCUT2D eigenvalue weighted by Crippen LogP contribution is -2.81. The van der Waals surface area contributed by atoms with Crippen molar-refractivity contribution in [2.24, 2.45) is 0 Å². The number of carbonyl (C=O) groups excluding carboxylic acids is 1. The number of aliphatic hydroxyl groups excluding tert-OH is 1. The van der Waals surface area contributed by atoms with Gasteiger partial charge in [0.05, 0.1) is 12.0 Å². The first-order valence-electron chi connectivity index (χ1n) is 9.00. The van der Waals surface area contributed by atoms with E-state index < -0.39 is 50.7 Å². The highest BCUT2D eigenvalue weighted by Gasteiger charge is 2.77. The maximum absolute atomic E-state index is 12.9. The fraction of sp³-hybridized carbons (Fsp3) is 0.611. The van der Waals surface area contributed by atoms with E-state index in [2.05, 4.69) is 0 Å². The summed E-state index contributed by atoms with van der Waals surface area (Å²) in [5, 5.41) is 20.1. The van der Waals surface area contributed by atoms with Crippen molar-refractivity contribution >= 4 is 15.9 Å². The molecule has 3 N–H and O–H groups in total. The monoisotopic (exact) mass is 395 g/mol. The Kier molecular flexibility index (Phi) is 3.31. The molecule has 2 fully saturated rings. The molecule has 2 bridgehead atoms. The van der Waals surface area contributed by atoms with Crippen molar-refractivity contribution in [3.05, 3.63) is 28.8 Å². The molecule has 2 aliphatic heterocycles. The highest BCUT2D eigenvalue weighted by atomic mass is 32.2. The molecule has 8 nitrogen and oxygen atoms in total. The third-order valence-electron chi connectivity index (χ3n) is 7.18. The molecule has 3 unspecified atom stereocenters. The summed E-state index contributed by atoms with van der Waals surface area (Å²) >= 11 is 0. The number of piperidine rings is 1. The molecule has 2 heterocycles. The summed E-state index contributed by atoms with van der Waals surface area (Å²) in [6, 6.07) is 3.02. The van der Waals surface area contributed by atoms with Crippen molar-refractivity contribution in [1.82, 2.24) is 4.90 Å². The molecule has 1 aromatic carbocycles. The molecule has 0 radical (unpaired) electrons. The normalized spacial score (nSPS) is 39.9. The second kappa shape index (κ2) is 5.09. The summed E-state index contributed by atoms with van der Waals surface area (Å²) in [5.41, 5.74) is -1.08. The summed E-state index contributed by atoms with van der Waals surface area (Å²) in [5.74, 6) is -0.0655. The number of carbonyl (C=O) groups is 1. The Morgan fingerprint density at radius 3 is 2.74 bits per heavy atom. The number of aliphatic hydroxyl groups is 2. The second-order valence-corrected chi connectivity index (χ2v) is 9.76. The Morgan fingerprint density at radius 2 is 2.07 bits per heavy atom. The molecular formula is C18H21NO7S. The van der Waals surface area contributed by atoms with Crippen LogP contribution in [0.25, 0.3) is 0 Å². The molecule has 27 heavy (non-hydrogen) atoms. The Morgan fingerprint density at radius 1 is 1.33 bits per heavy atom. The van der Waals surface area contributed by atoms with E-state index in [0.29, 0.717) is 36.3 Å². The number of Topliss-reactive ketones (excluding diaryl/α,β-unsaturated/α-hetero) is 1. The van der Waals surface area contributed by atoms with Gasteiger partial charge in [0.15, 0.2) is 11.9 Å². The van der Waals surface area contributed by atoms with E-state index in [1.165, 1.54) is 0 Å². The Labute approximate surface area is 156 Å². The summed E-state index contributed by atoms with van der Waals surface area (Å²) < 4.78 is 40.4. The minimum atomic E-state index is -4.68. The van der Waals surface area contributed by atoms with Gasteiger partial charge in [0.2, 0.25) is 0 Å². The number of nitrogens with zero attached hydrogens (tertiary/aromatic N) is 1. The predicted molar refractivity (Wildman–Crippen MR) is 93.1 cm³/mol. The van der Waals surface area contributed by atoms with Crippen molar-refractivity contribution in [3.63, 3.8) is 0 Å². The maximum atomic E-state index is 12.9. The summed E-state index contributed by atoms with van der Waals surface area (Å²) in [6.45, 7) is 0.267. The van der Waals surface area contributed by atoms with Crippen LogP contribution in [0.5, 0.6) is 5.75 Å². The molecule has 1 saturated carbocycles. The maximum Gasteiger partial charge on any atom is 0.271 e. The fourth-order valence-electron chi connectivity index (χ4n) is 6.08. The number of ether oxygens (including phenoxy) is 1. The standard InChI is InChI=1S/C18H21NO7S/c1-19-5-4-17-14-9-2-3-10(8-20)15(14)26-16(17)11(21)7-13(27(23,24)25)18(17,22)12(19)6-9/h2-3,12-13,16,20,22H,4-8H2,1H3,(H,23,24,25)/t12?,13?,16-,17?,18-/m0/s1. The van der Waals surface area contributed by atoms with Crippen LogP contribution in [0, 0.1) is 0 Å². The van der Waals surface area contributed by atoms with E-state index >= 15 is 0 Å². The zero-order valence-corrected chi connectivity index (χ0v) is 15.6. The molecule has 9 heteroatoms. The van der Waals surface area contributed by atoms with Crippen LogP contribution in [0.1, 0.15) is 29.5 Å². The first-order chi connectivity index (χ1) is 12.7. The van der Waals surface area contributed by atoms with Gasteiger partial charge < -0.3 is 19.8 Å². The second-order valence-electron chi connectivity index (χ2n) is 8.17. The topological polar surface area (TPSA) is 124 Å². The number of benzene rings is 1. The van der Waals surface area contributed by atoms with Crippen molar-refractivity contribution < 1.29 is 32.7 Å². The lowest BCUT2D eigenvalue weighted by molar-refractivity contribution is -0.183. The lowest BCUT2D eigenvalue weighted by Gasteiger charge is -2.63. The van der Waals surface area contributed by atoms with Crippen molar-refractivity contribution in [1.29, 1.82) is 0 Å². The van der Waals surface area contributed by atoms with E-state index in [-0.39, 0.29) is 6.61 Å². The largest absolute Gasteiger partial charge is 0.481 e. The van der Waals surface area contributed by atoms with Crippen molar-refractivity contribution in [3.8, 4) is 5.75 Å². The van der Waals surface area contributed by atoms with Gasteiger partial charge in [-0.1, -0.05) is 12.1 Å². The molecule has 2 aliphatic carbocycles. The molecule has 5 atom stereocenters. The number of hydrogen-bond donors (Lipinski definition) is 3. The van der Waals surface area contributed by atoms with E-state index in [1.807, 2.05) is 18.0 Å². The smallest absolute Gasteiger partial charge is 0.271 e. The number of hydrogen-bond acceptors (Lipinski definition) is 7. The third kappa shape index (κ3) is 1.82. The zero-order valence-electron chi connectivity index (χ0n) is 14.8. The number of likely N-dealkylation sites (N-methyl/N-ethyl adjacent to an activating group) is 1. The molecule has 4 aliphatic rings. The molecular weight excluding hydrogens is 374 g/mol. The molecule has 0 aromatic heterocycles. The quantitative estimate of drug-likeness (QED) is 0.567. The van der Waals surface area contributed by atoms with Gasteiger partial charge in [0.1, 0.15) is 16.6 Å². The Hall–Kier alpha value is -1.52. The highest BCUT2D eigenvalue weighted by molar-refractivity contribution is 7.86. The van der Waals surface area contributed by atoms with E-state index in [1.54, 1.807) is 6.07 Å². The molecule has 1 aromatic rings. The van der Waals surface area contributed by atoms with Gasteiger partial charge in [0, 0.05) is 23.6 Å². The van der Waals surface area contributed by atoms with Crippen molar-refractivity contribution in [2.75, 3.05) is 13.6 Å². The number of rotatable bonds is 2. The van der Waals surface area contributed by atoms with E-state index in [4.69, 9.17) is 4.74 Å². The molecule has 1 spiro atoms. The highest BCUT2D eigenvalue weighted by Crippen LogP contribution is 2.64. The van der Waals surface area contributed by atoms with Crippen LogP contribution in [-0.2, 0) is 33.4 Å². The molecule has 1 saturated heterocycles. The Balaban J connectivity index is 1.89. The van der Waals surface area contributed by atoms with Crippen LogP contribution < -0.4 is 4.74 Å². The SMILES string of the molecule is CN1CCC23c4c5ccc(CO)c4O[C@H]2C(=O)CC(S(=O)(=O)O)[C@@]3(O)C1C5. The van der Waals surface area contributed by atoms with E-state index in [9.17, 15) is 28.0 Å². The van der Waals surface area contributed by atoms with Crippen LogP contribution in [0.15, 0.2) is 12.1 Å². The molecule has 146 valence electrons. The van der Waals surface area contributed by atoms with Crippen LogP contribution in [0.4, 0.5) is 0 Å². The number of likely N-dealkylation sites (tertiary alicyclic amines) is 1. The lowest BCUT2D eigenvalue weighted by atomic mass is 9.48. The van der Waals surface area contributed by atoms with Gasteiger partial charge in [-0.3, -0.25) is 9.35 Å². The van der Waals surface area contributed by atoms with Gasteiger partial charge in [0.25, 0.3) is 10.1 Å². The first kappa shape index (κ1) is 17.6. The first-order valence-corrected chi connectivity index (χ1v) is 10.5. The van der Waals surface area contributed by atoms with Crippen LogP contribution in [0.3, 0.4) is 0 Å². The predicted octanol–water partition coefficient (Wildman–Crippen LogP) is -0.602. The minimum Gasteiger partial charge on any atom is -0.481 e. The van der Waals surface area contributed by atoms with Crippen molar-refractivity contribution in [2.45, 2.75) is 54.3 Å². The van der Waals surface area contributed by atoms with Gasteiger partial charge >= 0.3 is 0 Å². The number of ketones is 1. The third-order valence-corrected chi connectivity index (χ3v) is 8.43. The average Bonchev–Trinajstić information content (AvgIpc) is 2.95. The van der Waals surface area contributed by atoms with E-state index in [0.717, 1.165) is 5.56 Å². The molecule has 5 rings (SSSR count). The average molecular weight is 395 g/mol. The zero-order chi connectivity index (χ0) is 19.4. The van der Waals surface area contributed by atoms with Gasteiger partial charge in [-0.05, 0) is 32.0 Å². The van der Waals surface area contributed by atoms with Crippen LogP contribution in [-0.4, -0.2) is 70.5 Å². The molecule has 0 amide bonds. The Bertz CT molecular complexity index is 976. The summed E-state index contributed by atoms with van der Waals surface area (Å²) in [4.78, 5) is 14.8. The van der Waals surface area contributed by atoms with Gasteiger partial charge in [-0.25, -0.2) is 0 Å². The van der Waals surface area contributed by atoms with Crippen LogP contribution in [0.2, 0.25) is 0 Å². The minimum absolute atomic E-state index is 0.289. The van der Waals surface area contributed by atoms with Gasteiger partial charge in [-0.15, -0.1) is 0 Å². The summed E-state index contributed by atoms with van der Waals surface area (Å²) in [7, 11) is -2.87.